The predicted octanol–water partition coefficient (Wildman–Crippen LogP) is -2.38. The maximum Gasteiger partial charge on any atom is 0.115 e. The van der Waals surface area contributed by atoms with Crippen LogP contribution in [0.5, 0.6) is 0 Å². The SMILES string of the molecule is OC[C@@H](O)[C@@H]1O[CH][C@@H](O)[C@@H]1O. The average molecular weight is 163 g/mol. The van der Waals surface area contributed by atoms with Crippen molar-refractivity contribution in [3.8, 4) is 0 Å². The largest absolute Gasteiger partial charge is 0.394 e. The van der Waals surface area contributed by atoms with Gasteiger partial charge in [-0.15, -0.1) is 0 Å². The van der Waals surface area contributed by atoms with Crippen LogP contribution in [0.15, 0.2) is 0 Å². The molecule has 1 aliphatic heterocycles. The van der Waals surface area contributed by atoms with Gasteiger partial charge in [-0.3, -0.25) is 0 Å². The molecule has 0 amide bonds. The van der Waals surface area contributed by atoms with Gasteiger partial charge in [-0.25, -0.2) is 0 Å². The van der Waals surface area contributed by atoms with Crippen LogP contribution in [0.2, 0.25) is 0 Å². The van der Waals surface area contributed by atoms with Gasteiger partial charge in [-0.1, -0.05) is 0 Å². The van der Waals surface area contributed by atoms with Crippen molar-refractivity contribution in [2.75, 3.05) is 6.61 Å². The lowest BCUT2D eigenvalue weighted by Gasteiger charge is -2.18. The summed E-state index contributed by atoms with van der Waals surface area (Å²) in [5.74, 6) is 0. The van der Waals surface area contributed by atoms with Crippen LogP contribution >= 0.6 is 0 Å². The molecule has 1 aliphatic rings. The van der Waals surface area contributed by atoms with Gasteiger partial charge in [0, 0.05) is 0 Å². The van der Waals surface area contributed by atoms with Crippen LogP contribution in [0.4, 0.5) is 0 Å². The van der Waals surface area contributed by atoms with Gasteiger partial charge in [0.2, 0.25) is 0 Å². The van der Waals surface area contributed by atoms with Gasteiger partial charge < -0.3 is 25.2 Å². The minimum Gasteiger partial charge on any atom is -0.394 e. The lowest BCUT2D eigenvalue weighted by Crippen LogP contribution is -2.40. The van der Waals surface area contributed by atoms with E-state index in [1.165, 1.54) is 0 Å². The van der Waals surface area contributed by atoms with Crippen molar-refractivity contribution >= 4 is 0 Å². The summed E-state index contributed by atoms with van der Waals surface area (Å²) in [7, 11) is 0. The Kier molecular flexibility index (Phi) is 2.80. The van der Waals surface area contributed by atoms with E-state index in [0.717, 1.165) is 6.61 Å². The molecule has 11 heavy (non-hydrogen) atoms. The second-order valence-corrected chi connectivity index (χ2v) is 2.47. The minimum atomic E-state index is -1.16. The third-order valence-electron chi connectivity index (χ3n) is 1.63. The zero-order valence-corrected chi connectivity index (χ0v) is 5.79. The van der Waals surface area contributed by atoms with Crippen molar-refractivity contribution in [3.05, 3.63) is 6.61 Å². The fourth-order valence-electron chi connectivity index (χ4n) is 0.949. The van der Waals surface area contributed by atoms with Crippen LogP contribution in [-0.4, -0.2) is 51.4 Å². The molecule has 0 saturated carbocycles. The molecule has 5 nitrogen and oxygen atoms in total. The van der Waals surface area contributed by atoms with E-state index in [2.05, 4.69) is 0 Å². The number of hydrogen-bond acceptors (Lipinski definition) is 5. The fourth-order valence-corrected chi connectivity index (χ4v) is 0.949. The molecule has 0 spiro atoms. The van der Waals surface area contributed by atoms with Gasteiger partial charge in [-0.2, -0.15) is 0 Å². The topological polar surface area (TPSA) is 90.2 Å². The summed E-state index contributed by atoms with van der Waals surface area (Å²) in [4.78, 5) is 0. The second kappa shape index (κ2) is 3.46. The predicted molar refractivity (Wildman–Crippen MR) is 34.3 cm³/mol. The molecule has 1 heterocycles. The van der Waals surface area contributed by atoms with E-state index in [1.54, 1.807) is 0 Å². The van der Waals surface area contributed by atoms with Crippen LogP contribution in [0.1, 0.15) is 0 Å². The van der Waals surface area contributed by atoms with Gasteiger partial charge in [0.15, 0.2) is 0 Å². The number of hydrogen-bond donors (Lipinski definition) is 4. The zero-order valence-electron chi connectivity index (χ0n) is 5.79. The third kappa shape index (κ3) is 1.69. The Balaban J connectivity index is 2.47. The zero-order chi connectivity index (χ0) is 8.43. The molecule has 0 aromatic heterocycles. The van der Waals surface area contributed by atoms with Gasteiger partial charge >= 0.3 is 0 Å². The number of rotatable bonds is 2. The molecule has 4 atom stereocenters. The molecular weight excluding hydrogens is 152 g/mol. The molecule has 1 rings (SSSR count). The van der Waals surface area contributed by atoms with Crippen molar-refractivity contribution in [3.63, 3.8) is 0 Å². The molecule has 0 aliphatic carbocycles. The number of aliphatic hydroxyl groups excluding tert-OH is 4. The fraction of sp³-hybridized carbons (Fsp3) is 0.833. The highest BCUT2D eigenvalue weighted by Gasteiger charge is 2.39. The Bertz CT molecular complexity index is 128. The summed E-state index contributed by atoms with van der Waals surface area (Å²) in [6.07, 6.45) is -4.31. The van der Waals surface area contributed by atoms with Crippen molar-refractivity contribution < 1.29 is 25.2 Å². The molecule has 5 heteroatoms. The number of aliphatic hydroxyl groups is 4. The molecule has 4 N–H and O–H groups in total. The Labute approximate surface area is 63.8 Å². The first-order valence-electron chi connectivity index (χ1n) is 3.30. The van der Waals surface area contributed by atoms with E-state index in [-0.39, 0.29) is 0 Å². The summed E-state index contributed by atoms with van der Waals surface area (Å²) < 4.78 is 4.70. The van der Waals surface area contributed by atoms with E-state index in [0.29, 0.717) is 0 Å². The maximum atomic E-state index is 9.08. The summed E-state index contributed by atoms with van der Waals surface area (Å²) in [5, 5.41) is 35.4. The first-order valence-corrected chi connectivity index (χ1v) is 3.30. The minimum absolute atomic E-state index is 0.498. The Morgan fingerprint density at radius 3 is 2.45 bits per heavy atom. The normalized spacial score (nSPS) is 40.9. The summed E-state index contributed by atoms with van der Waals surface area (Å²) in [6.45, 7) is 0.538. The highest BCUT2D eigenvalue weighted by atomic mass is 16.5. The van der Waals surface area contributed by atoms with Crippen LogP contribution in [0.25, 0.3) is 0 Å². The highest BCUT2D eigenvalue weighted by Crippen LogP contribution is 2.20. The Hall–Kier alpha value is -0.200. The molecule has 1 radical (unpaired) electrons. The quantitative estimate of drug-likeness (QED) is 0.365. The summed E-state index contributed by atoms with van der Waals surface area (Å²) >= 11 is 0. The summed E-state index contributed by atoms with van der Waals surface area (Å²) in [5.41, 5.74) is 0. The van der Waals surface area contributed by atoms with E-state index >= 15 is 0 Å². The van der Waals surface area contributed by atoms with Crippen molar-refractivity contribution in [2.24, 2.45) is 0 Å². The van der Waals surface area contributed by atoms with Gasteiger partial charge in [0.1, 0.15) is 31.0 Å². The van der Waals surface area contributed by atoms with Crippen LogP contribution < -0.4 is 0 Å². The standard InChI is InChI=1S/C6H11O5/c7-1-3(8)6-5(10)4(9)2-11-6/h2-10H,1H2/t3-,4-,5+,6+/m1/s1. The number of ether oxygens (including phenoxy) is 1. The first-order chi connectivity index (χ1) is 5.16. The van der Waals surface area contributed by atoms with Crippen molar-refractivity contribution in [1.82, 2.24) is 0 Å². The molecule has 1 fully saturated rings. The monoisotopic (exact) mass is 163 g/mol. The molecule has 0 aromatic rings. The van der Waals surface area contributed by atoms with Gasteiger partial charge in [-0.05, 0) is 0 Å². The van der Waals surface area contributed by atoms with E-state index in [9.17, 15) is 0 Å². The first kappa shape index (κ1) is 8.89. The van der Waals surface area contributed by atoms with Crippen molar-refractivity contribution in [2.45, 2.75) is 24.4 Å². The summed E-state index contributed by atoms with van der Waals surface area (Å²) in [6, 6.07) is 0. The molecule has 0 aromatic carbocycles. The third-order valence-corrected chi connectivity index (χ3v) is 1.63. The Morgan fingerprint density at radius 1 is 1.45 bits per heavy atom. The molecule has 0 unspecified atom stereocenters. The molecule has 65 valence electrons. The Morgan fingerprint density at radius 2 is 2.09 bits per heavy atom. The smallest absolute Gasteiger partial charge is 0.115 e. The van der Waals surface area contributed by atoms with Crippen LogP contribution in [0.3, 0.4) is 0 Å². The van der Waals surface area contributed by atoms with E-state index in [4.69, 9.17) is 25.2 Å². The van der Waals surface area contributed by atoms with Crippen molar-refractivity contribution in [1.29, 1.82) is 0 Å². The van der Waals surface area contributed by atoms with Gasteiger partial charge in [0.25, 0.3) is 0 Å². The maximum absolute atomic E-state index is 9.08. The molecule has 0 bridgehead atoms. The van der Waals surface area contributed by atoms with E-state index in [1.807, 2.05) is 0 Å². The van der Waals surface area contributed by atoms with Crippen LogP contribution in [0, 0.1) is 6.61 Å². The van der Waals surface area contributed by atoms with Gasteiger partial charge in [0.05, 0.1) is 6.61 Å². The second-order valence-electron chi connectivity index (χ2n) is 2.47. The molecular formula is C6H11O5. The highest BCUT2D eigenvalue weighted by molar-refractivity contribution is 4.93. The lowest BCUT2D eigenvalue weighted by molar-refractivity contribution is -0.0636. The lowest BCUT2D eigenvalue weighted by atomic mass is 10.1. The van der Waals surface area contributed by atoms with Crippen LogP contribution in [-0.2, 0) is 4.74 Å². The van der Waals surface area contributed by atoms with E-state index < -0.39 is 31.0 Å². The average Bonchev–Trinajstić information content (AvgIpc) is 2.32. The molecule has 1 saturated heterocycles.